The van der Waals surface area contributed by atoms with E-state index in [2.05, 4.69) is 15.3 Å². The van der Waals surface area contributed by atoms with Gasteiger partial charge in [-0.15, -0.1) is 0 Å². The maximum atomic E-state index is 14.2. The molecule has 5 nitrogen and oxygen atoms in total. The van der Waals surface area contributed by atoms with Gasteiger partial charge in [0.25, 0.3) is 0 Å². The molecule has 4 rings (SSSR count). The second-order valence-electron chi connectivity index (χ2n) is 7.16. The number of rotatable bonds is 2. The monoisotopic (exact) mass is 407 g/mol. The Labute approximate surface area is 163 Å². The number of phenolic OH excluding ortho intramolecular Hbond substituents is 1. The number of hydrogen-bond acceptors (Lipinski definition) is 5. The van der Waals surface area contributed by atoms with Crippen molar-refractivity contribution in [2.75, 3.05) is 5.32 Å². The maximum Gasteiger partial charge on any atom is 0.419 e. The topological polar surface area (TPSA) is 78.3 Å². The Hall–Kier alpha value is -2.94. The van der Waals surface area contributed by atoms with Crippen LogP contribution in [-0.4, -0.2) is 32.0 Å². The SMILES string of the molecule is Cc1ncc2c(N[C@@H]3c4cc(O)ccc4CC[C@]3(O)C(F)(F)F)ccc(F)c2n1. The fourth-order valence-corrected chi connectivity index (χ4v) is 3.76. The summed E-state index contributed by atoms with van der Waals surface area (Å²) in [5.74, 6) is -0.540. The molecule has 152 valence electrons. The first-order valence-corrected chi connectivity index (χ1v) is 8.89. The molecule has 0 spiro atoms. The third-order valence-corrected chi connectivity index (χ3v) is 5.31. The first-order valence-electron chi connectivity index (χ1n) is 8.89. The minimum atomic E-state index is -4.93. The summed E-state index contributed by atoms with van der Waals surface area (Å²) < 4.78 is 55.8. The molecule has 1 aromatic heterocycles. The van der Waals surface area contributed by atoms with Gasteiger partial charge in [0.2, 0.25) is 0 Å². The van der Waals surface area contributed by atoms with Crippen molar-refractivity contribution >= 4 is 16.6 Å². The van der Waals surface area contributed by atoms with Crippen LogP contribution in [0.25, 0.3) is 10.9 Å². The van der Waals surface area contributed by atoms with Gasteiger partial charge in [-0.05, 0) is 55.2 Å². The Morgan fingerprint density at radius 2 is 1.97 bits per heavy atom. The van der Waals surface area contributed by atoms with Gasteiger partial charge in [0, 0.05) is 17.3 Å². The number of nitrogens with zero attached hydrogens (tertiary/aromatic N) is 2. The van der Waals surface area contributed by atoms with E-state index in [1.54, 1.807) is 6.92 Å². The molecule has 1 heterocycles. The molecule has 0 saturated carbocycles. The number of hydrogen-bond donors (Lipinski definition) is 3. The lowest BCUT2D eigenvalue weighted by Crippen LogP contribution is -2.54. The third-order valence-electron chi connectivity index (χ3n) is 5.31. The standard InChI is InChI=1S/C20H17F4N3O2/c1-10-25-9-14-16(5-4-15(21)17(14)26-10)27-18-13-8-12(28)3-2-11(13)6-7-19(18,29)20(22,23)24/h2-5,8-9,18,27-29H,6-7H2,1H3/t18-,19-/m1/s1. The van der Waals surface area contributed by atoms with Gasteiger partial charge in [0.1, 0.15) is 22.9 Å². The molecule has 0 bridgehead atoms. The second kappa shape index (κ2) is 6.55. The molecule has 9 heteroatoms. The Morgan fingerprint density at radius 3 is 2.69 bits per heavy atom. The van der Waals surface area contributed by atoms with Gasteiger partial charge in [-0.1, -0.05) is 6.07 Å². The number of benzene rings is 2. The van der Waals surface area contributed by atoms with E-state index in [1.165, 1.54) is 30.5 Å². The molecule has 2 atom stereocenters. The van der Waals surface area contributed by atoms with Gasteiger partial charge in [0.15, 0.2) is 5.60 Å². The van der Waals surface area contributed by atoms with E-state index in [4.69, 9.17) is 0 Å². The van der Waals surface area contributed by atoms with Crippen LogP contribution in [0, 0.1) is 12.7 Å². The summed E-state index contributed by atoms with van der Waals surface area (Å²) in [4.78, 5) is 8.02. The molecular weight excluding hydrogens is 390 g/mol. The summed E-state index contributed by atoms with van der Waals surface area (Å²) in [6.07, 6.45) is -4.17. The van der Waals surface area contributed by atoms with Crippen molar-refractivity contribution in [3.8, 4) is 5.75 Å². The van der Waals surface area contributed by atoms with E-state index in [0.29, 0.717) is 11.4 Å². The zero-order valence-electron chi connectivity index (χ0n) is 15.3. The minimum Gasteiger partial charge on any atom is -0.508 e. The first kappa shape index (κ1) is 19.4. The zero-order valence-corrected chi connectivity index (χ0v) is 15.3. The fourth-order valence-electron chi connectivity index (χ4n) is 3.76. The molecule has 1 aliphatic rings. The summed E-state index contributed by atoms with van der Waals surface area (Å²) in [7, 11) is 0. The van der Waals surface area contributed by atoms with Crippen molar-refractivity contribution in [3.63, 3.8) is 0 Å². The number of alkyl halides is 3. The van der Waals surface area contributed by atoms with Crippen LogP contribution < -0.4 is 5.32 Å². The molecule has 0 aliphatic heterocycles. The quantitative estimate of drug-likeness (QED) is 0.556. The molecular formula is C20H17F4N3O2. The summed E-state index contributed by atoms with van der Waals surface area (Å²) in [6.45, 7) is 1.57. The Balaban J connectivity index is 1.89. The maximum absolute atomic E-state index is 14.2. The van der Waals surface area contributed by atoms with Crippen molar-refractivity contribution in [1.82, 2.24) is 9.97 Å². The number of nitrogens with one attached hydrogen (secondary N) is 1. The molecule has 2 aromatic carbocycles. The highest BCUT2D eigenvalue weighted by Gasteiger charge is 2.60. The molecule has 0 radical (unpaired) electrons. The van der Waals surface area contributed by atoms with E-state index in [0.717, 1.165) is 6.07 Å². The van der Waals surface area contributed by atoms with Gasteiger partial charge >= 0.3 is 6.18 Å². The van der Waals surface area contributed by atoms with Crippen LogP contribution in [-0.2, 0) is 6.42 Å². The molecule has 0 fully saturated rings. The molecule has 0 saturated heterocycles. The molecule has 0 unspecified atom stereocenters. The lowest BCUT2D eigenvalue weighted by atomic mass is 9.75. The molecule has 0 amide bonds. The van der Waals surface area contributed by atoms with Crippen LogP contribution in [0.1, 0.15) is 29.4 Å². The van der Waals surface area contributed by atoms with Crippen LogP contribution >= 0.6 is 0 Å². The number of fused-ring (bicyclic) bond motifs is 2. The van der Waals surface area contributed by atoms with Crippen molar-refractivity contribution in [1.29, 1.82) is 0 Å². The number of phenols is 1. The Kier molecular flexibility index (Phi) is 4.38. The second-order valence-corrected chi connectivity index (χ2v) is 7.16. The van der Waals surface area contributed by atoms with Crippen molar-refractivity contribution < 1.29 is 27.8 Å². The predicted octanol–water partition coefficient (Wildman–Crippen LogP) is 4.18. The van der Waals surface area contributed by atoms with Crippen LogP contribution in [0.5, 0.6) is 5.75 Å². The average molecular weight is 407 g/mol. The smallest absolute Gasteiger partial charge is 0.419 e. The molecule has 3 N–H and O–H groups in total. The van der Waals surface area contributed by atoms with Crippen LogP contribution in [0.4, 0.5) is 23.2 Å². The van der Waals surface area contributed by atoms with Gasteiger partial charge in [-0.2, -0.15) is 13.2 Å². The number of aryl methyl sites for hydroxylation is 2. The largest absolute Gasteiger partial charge is 0.508 e. The van der Waals surface area contributed by atoms with Crippen LogP contribution in [0.2, 0.25) is 0 Å². The lowest BCUT2D eigenvalue weighted by molar-refractivity contribution is -0.270. The molecule has 29 heavy (non-hydrogen) atoms. The lowest BCUT2D eigenvalue weighted by Gasteiger charge is -2.43. The van der Waals surface area contributed by atoms with Gasteiger partial charge < -0.3 is 15.5 Å². The third kappa shape index (κ3) is 3.15. The van der Waals surface area contributed by atoms with E-state index in [9.17, 15) is 27.8 Å². The molecule has 1 aliphatic carbocycles. The summed E-state index contributed by atoms with van der Waals surface area (Å²) >= 11 is 0. The van der Waals surface area contributed by atoms with Gasteiger partial charge in [-0.3, -0.25) is 0 Å². The highest BCUT2D eigenvalue weighted by molar-refractivity contribution is 5.91. The summed E-state index contributed by atoms with van der Waals surface area (Å²) in [5.41, 5.74) is -2.27. The number of aliphatic hydroxyl groups is 1. The van der Waals surface area contributed by atoms with E-state index in [1.807, 2.05) is 0 Å². The zero-order chi connectivity index (χ0) is 21.0. The van der Waals surface area contributed by atoms with Crippen molar-refractivity contribution in [2.24, 2.45) is 0 Å². The fraction of sp³-hybridized carbons (Fsp3) is 0.300. The highest BCUT2D eigenvalue weighted by Crippen LogP contribution is 2.49. The summed E-state index contributed by atoms with van der Waals surface area (Å²) in [5, 5.41) is 23.4. The van der Waals surface area contributed by atoms with Crippen LogP contribution in [0.3, 0.4) is 0 Å². The van der Waals surface area contributed by atoms with Gasteiger partial charge in [-0.25, -0.2) is 14.4 Å². The average Bonchev–Trinajstić information content (AvgIpc) is 2.65. The van der Waals surface area contributed by atoms with E-state index < -0.39 is 30.1 Å². The van der Waals surface area contributed by atoms with Crippen LogP contribution in [0.15, 0.2) is 36.5 Å². The highest BCUT2D eigenvalue weighted by atomic mass is 19.4. The van der Waals surface area contributed by atoms with Crippen molar-refractivity contribution in [2.45, 2.75) is 37.6 Å². The normalized spacial score (nSPS) is 21.8. The number of anilines is 1. The predicted molar refractivity (Wildman–Crippen MR) is 98.0 cm³/mol. The molecule has 3 aromatic rings. The van der Waals surface area contributed by atoms with E-state index >= 15 is 0 Å². The first-order chi connectivity index (χ1) is 13.6. The summed E-state index contributed by atoms with van der Waals surface area (Å²) in [6, 6.07) is 4.88. The van der Waals surface area contributed by atoms with Gasteiger partial charge in [0.05, 0.1) is 6.04 Å². The number of halogens is 4. The number of aromatic nitrogens is 2. The van der Waals surface area contributed by atoms with Crippen molar-refractivity contribution in [3.05, 3.63) is 59.3 Å². The van der Waals surface area contributed by atoms with E-state index in [-0.39, 0.29) is 34.3 Å². The Bertz CT molecular complexity index is 1100. The Morgan fingerprint density at radius 1 is 1.21 bits per heavy atom. The minimum absolute atomic E-state index is 0.00370. The number of aromatic hydroxyl groups is 1.